The van der Waals surface area contributed by atoms with E-state index < -0.39 is 5.60 Å². The van der Waals surface area contributed by atoms with Crippen LogP contribution in [0.4, 0.5) is 0 Å². The predicted octanol–water partition coefficient (Wildman–Crippen LogP) is 0.0306. The van der Waals surface area contributed by atoms with E-state index in [1.807, 2.05) is 0 Å². The fourth-order valence-corrected chi connectivity index (χ4v) is 2.80. The highest BCUT2D eigenvalue weighted by Gasteiger charge is 2.39. The molecule has 18 heavy (non-hydrogen) atoms. The summed E-state index contributed by atoms with van der Waals surface area (Å²) in [5, 5.41) is 16.5. The minimum atomic E-state index is -0.832. The van der Waals surface area contributed by atoms with Crippen molar-refractivity contribution < 1.29 is 14.6 Å². The highest BCUT2D eigenvalue weighted by atomic mass is 16.5. The first-order valence-corrected chi connectivity index (χ1v) is 6.85. The van der Waals surface area contributed by atoms with Crippen molar-refractivity contribution in [3.63, 3.8) is 0 Å². The largest absolute Gasteiger partial charge is 0.461 e. The Morgan fingerprint density at radius 3 is 2.72 bits per heavy atom. The second-order valence-corrected chi connectivity index (χ2v) is 5.88. The number of esters is 1. The highest BCUT2D eigenvalue weighted by Crippen LogP contribution is 2.27. The fourth-order valence-electron chi connectivity index (χ4n) is 2.80. The van der Waals surface area contributed by atoms with E-state index in [4.69, 9.17) is 4.74 Å². The van der Waals surface area contributed by atoms with Crippen LogP contribution in [0.3, 0.4) is 0 Å². The van der Waals surface area contributed by atoms with Gasteiger partial charge in [-0.1, -0.05) is 0 Å². The Morgan fingerprint density at radius 2 is 2.11 bits per heavy atom. The molecule has 5 heteroatoms. The van der Waals surface area contributed by atoms with Gasteiger partial charge in [0.25, 0.3) is 0 Å². The van der Waals surface area contributed by atoms with E-state index >= 15 is 0 Å². The molecule has 0 amide bonds. The zero-order valence-corrected chi connectivity index (χ0v) is 11.2. The molecule has 5 nitrogen and oxygen atoms in total. The Morgan fingerprint density at radius 1 is 1.33 bits per heavy atom. The third kappa shape index (κ3) is 3.22. The van der Waals surface area contributed by atoms with Gasteiger partial charge in [0.1, 0.15) is 12.1 Å². The van der Waals surface area contributed by atoms with Crippen LogP contribution >= 0.6 is 0 Å². The van der Waals surface area contributed by atoms with Crippen molar-refractivity contribution in [2.75, 3.05) is 19.6 Å². The highest BCUT2D eigenvalue weighted by molar-refractivity contribution is 5.76. The summed E-state index contributed by atoms with van der Waals surface area (Å²) < 4.78 is 5.61. The van der Waals surface area contributed by atoms with E-state index in [1.54, 1.807) is 13.8 Å². The number of ether oxygens (including phenoxy) is 1. The van der Waals surface area contributed by atoms with Crippen molar-refractivity contribution in [2.24, 2.45) is 5.92 Å². The second kappa shape index (κ2) is 5.55. The van der Waals surface area contributed by atoms with E-state index in [0.717, 1.165) is 32.4 Å². The number of rotatable bonds is 3. The standard InChI is InChI=1S/C13H24N2O3/c1-13(2,17)9-8-14-7-5-11(9)18-12(16)10-4-3-6-15-10/h9-11,14-15,17H,3-8H2,1-2H3/t9?,10-,11?/m0/s1. The van der Waals surface area contributed by atoms with Crippen molar-refractivity contribution in [1.29, 1.82) is 0 Å². The van der Waals surface area contributed by atoms with E-state index in [1.165, 1.54) is 0 Å². The number of carbonyl (C=O) groups is 1. The van der Waals surface area contributed by atoms with Crippen LogP contribution in [0.2, 0.25) is 0 Å². The summed E-state index contributed by atoms with van der Waals surface area (Å²) in [4.78, 5) is 12.0. The van der Waals surface area contributed by atoms with Gasteiger partial charge in [-0.25, -0.2) is 0 Å². The molecule has 104 valence electrons. The summed E-state index contributed by atoms with van der Waals surface area (Å²) in [5.74, 6) is -0.203. The lowest BCUT2D eigenvalue weighted by molar-refractivity contribution is -0.161. The Labute approximate surface area is 108 Å². The van der Waals surface area contributed by atoms with Crippen molar-refractivity contribution in [1.82, 2.24) is 10.6 Å². The predicted molar refractivity (Wildman–Crippen MR) is 68.2 cm³/mol. The van der Waals surface area contributed by atoms with Crippen molar-refractivity contribution in [3.8, 4) is 0 Å². The van der Waals surface area contributed by atoms with Crippen molar-refractivity contribution in [3.05, 3.63) is 0 Å². The van der Waals surface area contributed by atoms with Gasteiger partial charge in [0.2, 0.25) is 0 Å². The average Bonchev–Trinajstić information content (AvgIpc) is 2.81. The first-order valence-electron chi connectivity index (χ1n) is 6.85. The van der Waals surface area contributed by atoms with Crippen LogP contribution < -0.4 is 10.6 Å². The SMILES string of the molecule is CC(C)(O)C1CNCCC1OC(=O)[C@@H]1CCCN1. The molecule has 2 heterocycles. The van der Waals surface area contributed by atoms with Crippen LogP contribution in [-0.2, 0) is 9.53 Å². The molecular weight excluding hydrogens is 232 g/mol. The third-order valence-electron chi connectivity index (χ3n) is 3.94. The summed E-state index contributed by atoms with van der Waals surface area (Å²) in [6.45, 7) is 5.97. The molecule has 2 unspecified atom stereocenters. The maximum atomic E-state index is 12.0. The fraction of sp³-hybridized carbons (Fsp3) is 0.923. The molecule has 0 bridgehead atoms. The lowest BCUT2D eigenvalue weighted by Gasteiger charge is -2.39. The van der Waals surface area contributed by atoms with Crippen LogP contribution in [0.25, 0.3) is 0 Å². The lowest BCUT2D eigenvalue weighted by atomic mass is 9.82. The molecule has 3 atom stereocenters. The van der Waals surface area contributed by atoms with Gasteiger partial charge in [-0.2, -0.15) is 0 Å². The molecule has 0 aromatic rings. The van der Waals surface area contributed by atoms with Gasteiger partial charge in [-0.3, -0.25) is 4.79 Å². The maximum Gasteiger partial charge on any atom is 0.323 e. The molecule has 2 saturated heterocycles. The first-order chi connectivity index (χ1) is 8.48. The van der Waals surface area contributed by atoms with E-state index in [-0.39, 0.29) is 24.0 Å². The summed E-state index contributed by atoms with van der Waals surface area (Å²) in [5.41, 5.74) is -0.832. The number of hydrogen-bond acceptors (Lipinski definition) is 5. The summed E-state index contributed by atoms with van der Waals surface area (Å²) >= 11 is 0. The molecule has 0 saturated carbocycles. The Hall–Kier alpha value is -0.650. The number of piperidine rings is 1. The molecule has 2 aliphatic rings. The van der Waals surface area contributed by atoms with Crippen LogP contribution in [-0.4, -0.2) is 48.5 Å². The molecular formula is C13H24N2O3. The first kappa shape index (κ1) is 13.8. The summed E-state index contributed by atoms with van der Waals surface area (Å²) in [6, 6.07) is -0.151. The monoisotopic (exact) mass is 256 g/mol. The maximum absolute atomic E-state index is 12.0. The molecule has 0 aromatic heterocycles. The molecule has 0 radical (unpaired) electrons. The molecule has 3 N–H and O–H groups in total. The van der Waals surface area contributed by atoms with Gasteiger partial charge in [0, 0.05) is 12.5 Å². The normalized spacial score (nSPS) is 33.4. The zero-order chi connectivity index (χ0) is 13.2. The Kier molecular flexibility index (Phi) is 4.25. The number of carbonyl (C=O) groups excluding carboxylic acids is 1. The number of aliphatic hydroxyl groups is 1. The van der Waals surface area contributed by atoms with E-state index in [0.29, 0.717) is 6.54 Å². The lowest BCUT2D eigenvalue weighted by Crippen LogP contribution is -2.52. The zero-order valence-electron chi connectivity index (χ0n) is 11.2. The van der Waals surface area contributed by atoms with Gasteiger partial charge < -0.3 is 20.5 Å². The Balaban J connectivity index is 1.94. The third-order valence-corrected chi connectivity index (χ3v) is 3.94. The Bertz CT molecular complexity index is 295. The van der Waals surface area contributed by atoms with Crippen LogP contribution in [0.15, 0.2) is 0 Å². The second-order valence-electron chi connectivity index (χ2n) is 5.88. The van der Waals surface area contributed by atoms with Gasteiger partial charge in [0.05, 0.1) is 5.60 Å². The van der Waals surface area contributed by atoms with E-state index in [2.05, 4.69) is 10.6 Å². The molecule has 2 aliphatic heterocycles. The summed E-state index contributed by atoms with van der Waals surface area (Å²) in [7, 11) is 0. The minimum Gasteiger partial charge on any atom is -0.461 e. The smallest absolute Gasteiger partial charge is 0.323 e. The van der Waals surface area contributed by atoms with Crippen molar-refractivity contribution >= 4 is 5.97 Å². The number of nitrogens with one attached hydrogen (secondary N) is 2. The topological polar surface area (TPSA) is 70.6 Å². The van der Waals surface area contributed by atoms with Gasteiger partial charge in [-0.15, -0.1) is 0 Å². The van der Waals surface area contributed by atoms with Crippen LogP contribution in [0.1, 0.15) is 33.1 Å². The van der Waals surface area contributed by atoms with E-state index in [9.17, 15) is 9.90 Å². The summed E-state index contributed by atoms with van der Waals surface area (Å²) in [6.07, 6.45) is 2.48. The molecule has 0 spiro atoms. The molecule has 2 fully saturated rings. The van der Waals surface area contributed by atoms with Gasteiger partial charge in [-0.05, 0) is 46.2 Å². The quantitative estimate of drug-likeness (QED) is 0.622. The minimum absolute atomic E-state index is 0.0448. The van der Waals surface area contributed by atoms with Gasteiger partial charge in [0.15, 0.2) is 0 Å². The van der Waals surface area contributed by atoms with Crippen LogP contribution in [0, 0.1) is 5.92 Å². The molecule has 0 aromatic carbocycles. The van der Waals surface area contributed by atoms with Crippen molar-refractivity contribution in [2.45, 2.75) is 50.9 Å². The number of hydrogen-bond donors (Lipinski definition) is 3. The van der Waals surface area contributed by atoms with Gasteiger partial charge >= 0.3 is 5.97 Å². The van der Waals surface area contributed by atoms with Crippen LogP contribution in [0.5, 0.6) is 0 Å². The molecule has 2 rings (SSSR count). The average molecular weight is 256 g/mol. The molecule has 0 aliphatic carbocycles.